The molecule has 6 heteroatoms. The summed E-state index contributed by atoms with van der Waals surface area (Å²) in [6, 6.07) is 6.20. The number of hydrogen-bond acceptors (Lipinski definition) is 6. The molecule has 0 heterocycles. The standard InChI is InChI=1S/C19H16O6/c20-8-25-14-3-1-2-11-15(14)19(24)13-6-9-4-5-10(21)7-12(9)18(23)16(13)17(11)22/h1-3,6,10,20-21,23H,4-5,7-8H2. The SMILES string of the molecule is O=C1c2cc3c(c(O)c2C(=O)c2cccc(OCO)c21)CC(O)CC3. The van der Waals surface area contributed by atoms with E-state index in [9.17, 15) is 19.8 Å². The van der Waals surface area contributed by atoms with Crippen LogP contribution in [0.25, 0.3) is 0 Å². The summed E-state index contributed by atoms with van der Waals surface area (Å²) >= 11 is 0. The van der Waals surface area contributed by atoms with Gasteiger partial charge in [0.2, 0.25) is 0 Å². The monoisotopic (exact) mass is 340 g/mol. The Morgan fingerprint density at radius 2 is 1.88 bits per heavy atom. The number of carbonyl (C=O) groups excluding carboxylic acids is 2. The van der Waals surface area contributed by atoms with Crippen molar-refractivity contribution in [2.75, 3.05) is 6.79 Å². The minimum Gasteiger partial charge on any atom is -0.507 e. The molecule has 1 unspecified atom stereocenters. The molecule has 2 aromatic rings. The van der Waals surface area contributed by atoms with Gasteiger partial charge in [-0.15, -0.1) is 0 Å². The van der Waals surface area contributed by atoms with Gasteiger partial charge in [-0.25, -0.2) is 0 Å². The molecule has 0 radical (unpaired) electrons. The lowest BCUT2D eigenvalue weighted by molar-refractivity contribution is 0.0909. The van der Waals surface area contributed by atoms with Gasteiger partial charge in [-0.05, 0) is 30.5 Å². The third-order valence-corrected chi connectivity index (χ3v) is 4.87. The Morgan fingerprint density at radius 3 is 2.64 bits per heavy atom. The van der Waals surface area contributed by atoms with Crippen LogP contribution in [0, 0.1) is 0 Å². The van der Waals surface area contributed by atoms with Crippen LogP contribution in [0.4, 0.5) is 0 Å². The highest BCUT2D eigenvalue weighted by molar-refractivity contribution is 6.30. The highest BCUT2D eigenvalue weighted by atomic mass is 16.6. The van der Waals surface area contributed by atoms with Crippen molar-refractivity contribution in [3.63, 3.8) is 0 Å². The topological polar surface area (TPSA) is 104 Å². The molecule has 0 aromatic heterocycles. The second-order valence-electron chi connectivity index (χ2n) is 6.29. The highest BCUT2D eigenvalue weighted by Gasteiger charge is 2.37. The van der Waals surface area contributed by atoms with Crippen LogP contribution in [-0.4, -0.2) is 39.8 Å². The van der Waals surface area contributed by atoms with Crippen molar-refractivity contribution >= 4 is 11.6 Å². The third kappa shape index (κ3) is 2.26. The number of hydrogen-bond donors (Lipinski definition) is 3. The van der Waals surface area contributed by atoms with Crippen LogP contribution < -0.4 is 4.74 Å². The van der Waals surface area contributed by atoms with E-state index in [0.29, 0.717) is 18.4 Å². The van der Waals surface area contributed by atoms with Crippen LogP contribution >= 0.6 is 0 Å². The number of rotatable bonds is 2. The Bertz CT molecular complexity index is 915. The fourth-order valence-corrected chi connectivity index (χ4v) is 3.70. The van der Waals surface area contributed by atoms with Crippen molar-refractivity contribution in [2.45, 2.75) is 25.4 Å². The fourth-order valence-electron chi connectivity index (χ4n) is 3.70. The largest absolute Gasteiger partial charge is 0.507 e. The molecule has 3 N–H and O–H groups in total. The molecular weight excluding hydrogens is 324 g/mol. The molecule has 25 heavy (non-hydrogen) atoms. The van der Waals surface area contributed by atoms with Gasteiger partial charge in [0.25, 0.3) is 0 Å². The van der Waals surface area contributed by atoms with Crippen molar-refractivity contribution in [3.8, 4) is 11.5 Å². The Hall–Kier alpha value is -2.70. The molecule has 2 aromatic carbocycles. The third-order valence-electron chi connectivity index (χ3n) is 4.87. The first-order valence-corrected chi connectivity index (χ1v) is 8.04. The van der Waals surface area contributed by atoms with Gasteiger partial charge in [0, 0.05) is 23.1 Å². The van der Waals surface area contributed by atoms with E-state index >= 15 is 0 Å². The summed E-state index contributed by atoms with van der Waals surface area (Å²) in [6.07, 6.45) is 0.766. The van der Waals surface area contributed by atoms with Gasteiger partial charge in [-0.3, -0.25) is 9.59 Å². The maximum Gasteiger partial charge on any atom is 0.198 e. The molecule has 2 aliphatic carbocycles. The van der Waals surface area contributed by atoms with E-state index < -0.39 is 24.5 Å². The van der Waals surface area contributed by atoms with Crippen LogP contribution in [-0.2, 0) is 12.8 Å². The molecule has 0 saturated carbocycles. The lowest BCUT2D eigenvalue weighted by atomic mass is 9.78. The summed E-state index contributed by atoms with van der Waals surface area (Å²) in [5.74, 6) is -0.966. The lowest BCUT2D eigenvalue weighted by Gasteiger charge is -2.27. The Labute approximate surface area is 143 Å². The zero-order chi connectivity index (χ0) is 17.7. The summed E-state index contributed by atoms with van der Waals surface area (Å²) in [5, 5.41) is 29.5. The fraction of sp³-hybridized carbons (Fsp3) is 0.263. The van der Waals surface area contributed by atoms with Crippen LogP contribution in [0.3, 0.4) is 0 Å². The van der Waals surface area contributed by atoms with Crippen molar-refractivity contribution in [3.05, 3.63) is 57.6 Å². The minimum atomic E-state index is -0.613. The minimum absolute atomic E-state index is 0.0218. The Morgan fingerprint density at radius 1 is 1.12 bits per heavy atom. The Balaban J connectivity index is 1.95. The molecule has 6 nitrogen and oxygen atoms in total. The van der Waals surface area contributed by atoms with Gasteiger partial charge in [-0.1, -0.05) is 12.1 Å². The van der Waals surface area contributed by atoms with E-state index in [-0.39, 0.29) is 40.2 Å². The van der Waals surface area contributed by atoms with Gasteiger partial charge >= 0.3 is 0 Å². The molecule has 4 rings (SSSR count). The summed E-state index contributed by atoms with van der Waals surface area (Å²) < 4.78 is 5.08. The molecule has 128 valence electrons. The lowest BCUT2D eigenvalue weighted by Crippen LogP contribution is -2.25. The van der Waals surface area contributed by atoms with Crippen LogP contribution in [0.1, 0.15) is 49.4 Å². The predicted octanol–water partition coefficient (Wildman–Crippen LogP) is 1.35. The highest BCUT2D eigenvalue weighted by Crippen LogP contribution is 2.41. The molecule has 1 atom stereocenters. The summed E-state index contributed by atoms with van der Waals surface area (Å²) in [4.78, 5) is 25.9. The second kappa shape index (κ2) is 5.68. The van der Waals surface area contributed by atoms with Gasteiger partial charge < -0.3 is 20.1 Å². The summed E-state index contributed by atoms with van der Waals surface area (Å²) in [6.45, 7) is -0.613. The van der Waals surface area contributed by atoms with E-state index in [1.165, 1.54) is 12.1 Å². The van der Waals surface area contributed by atoms with Gasteiger partial charge in [0.1, 0.15) is 11.5 Å². The van der Waals surface area contributed by atoms with Gasteiger partial charge in [-0.2, -0.15) is 0 Å². The van der Waals surface area contributed by atoms with E-state index in [1.807, 2.05) is 0 Å². The van der Waals surface area contributed by atoms with E-state index in [4.69, 9.17) is 9.84 Å². The zero-order valence-corrected chi connectivity index (χ0v) is 13.3. The molecular formula is C19H16O6. The molecule has 0 amide bonds. The molecule has 0 bridgehead atoms. The van der Waals surface area contributed by atoms with Gasteiger partial charge in [0.05, 0.1) is 17.2 Å². The first-order chi connectivity index (χ1) is 12.0. The molecule has 0 saturated heterocycles. The molecule has 0 spiro atoms. The number of aliphatic hydroxyl groups is 2. The number of phenols is 1. The Kier molecular flexibility index (Phi) is 3.59. The number of aryl methyl sites for hydroxylation is 1. The summed E-state index contributed by atoms with van der Waals surface area (Å²) in [7, 11) is 0. The number of aromatic hydroxyl groups is 1. The quantitative estimate of drug-likeness (QED) is 0.608. The van der Waals surface area contributed by atoms with Crippen molar-refractivity contribution in [1.82, 2.24) is 0 Å². The number of phenolic OH excluding ortho intramolecular Hbond substituents is 1. The number of fused-ring (bicyclic) bond motifs is 3. The number of benzene rings is 2. The maximum atomic E-state index is 13.0. The molecule has 0 fully saturated rings. The van der Waals surface area contributed by atoms with Crippen LogP contribution in [0.15, 0.2) is 24.3 Å². The van der Waals surface area contributed by atoms with Crippen LogP contribution in [0.5, 0.6) is 11.5 Å². The van der Waals surface area contributed by atoms with Crippen molar-refractivity contribution in [2.24, 2.45) is 0 Å². The normalized spacial score (nSPS) is 18.4. The second-order valence-corrected chi connectivity index (χ2v) is 6.29. The molecule has 2 aliphatic rings. The molecule has 0 aliphatic heterocycles. The average Bonchev–Trinajstić information content (AvgIpc) is 2.60. The van der Waals surface area contributed by atoms with E-state index in [0.717, 1.165) is 5.56 Å². The van der Waals surface area contributed by atoms with Crippen molar-refractivity contribution in [1.29, 1.82) is 0 Å². The first-order valence-electron chi connectivity index (χ1n) is 8.04. The van der Waals surface area contributed by atoms with Gasteiger partial charge in [0.15, 0.2) is 18.4 Å². The zero-order valence-electron chi connectivity index (χ0n) is 13.3. The smallest absolute Gasteiger partial charge is 0.198 e. The first kappa shape index (κ1) is 15.8. The number of aliphatic hydroxyl groups excluding tert-OH is 2. The maximum absolute atomic E-state index is 13.0. The van der Waals surface area contributed by atoms with Crippen LogP contribution in [0.2, 0.25) is 0 Å². The summed E-state index contributed by atoms with van der Waals surface area (Å²) in [5.41, 5.74) is 1.65. The number of ether oxygens (including phenoxy) is 1. The van der Waals surface area contributed by atoms with E-state index in [2.05, 4.69) is 0 Å². The average molecular weight is 340 g/mol. The number of ketones is 2. The number of carbonyl (C=O) groups is 2. The van der Waals surface area contributed by atoms with E-state index in [1.54, 1.807) is 12.1 Å². The van der Waals surface area contributed by atoms with Crippen molar-refractivity contribution < 1.29 is 29.6 Å². The predicted molar refractivity (Wildman–Crippen MR) is 87.2 cm³/mol.